The highest BCUT2D eigenvalue weighted by Crippen LogP contribution is 2.08. The molecule has 0 aromatic carbocycles. The first-order valence-electron chi connectivity index (χ1n) is 3.82. The second kappa shape index (κ2) is 6.22. The number of rotatable bonds is 0. The van der Waals surface area contributed by atoms with Crippen molar-refractivity contribution in [2.75, 3.05) is 13.1 Å². The van der Waals surface area contributed by atoms with Gasteiger partial charge >= 0.3 is 0 Å². The first-order chi connectivity index (χ1) is 5.13. The predicted molar refractivity (Wildman–Crippen MR) is 45.0 cm³/mol. The van der Waals surface area contributed by atoms with Crippen LogP contribution in [0.5, 0.6) is 0 Å². The van der Waals surface area contributed by atoms with Crippen molar-refractivity contribution in [2.45, 2.75) is 19.8 Å². The van der Waals surface area contributed by atoms with Gasteiger partial charge in [0.1, 0.15) is 0 Å². The summed E-state index contributed by atoms with van der Waals surface area (Å²) in [6, 6.07) is 0. The SMILES string of the molecule is CC1CCNCC1.[B]C(=O)O. The molecule has 0 aliphatic carbocycles. The summed E-state index contributed by atoms with van der Waals surface area (Å²) in [7, 11) is 4.03. The minimum absolute atomic E-state index is 0.973. The van der Waals surface area contributed by atoms with Crippen molar-refractivity contribution >= 4 is 13.7 Å². The van der Waals surface area contributed by atoms with E-state index in [0.717, 1.165) is 5.92 Å². The predicted octanol–water partition coefficient (Wildman–Crippen LogP) is 0.839. The van der Waals surface area contributed by atoms with E-state index in [9.17, 15) is 0 Å². The molecule has 1 fully saturated rings. The molecule has 0 aromatic heterocycles. The van der Waals surface area contributed by atoms with Crippen LogP contribution >= 0.6 is 0 Å². The number of nitrogens with one attached hydrogen (secondary N) is 1. The molecule has 0 spiro atoms. The van der Waals surface area contributed by atoms with Crippen molar-refractivity contribution in [3.8, 4) is 0 Å². The van der Waals surface area contributed by atoms with E-state index in [1.165, 1.54) is 25.9 Å². The van der Waals surface area contributed by atoms with E-state index < -0.39 is 5.87 Å². The Kier molecular flexibility index (Phi) is 5.94. The Morgan fingerprint density at radius 3 is 2.09 bits per heavy atom. The fourth-order valence-electron chi connectivity index (χ4n) is 0.966. The number of carboxylic acid groups (broad SMARTS) is 1. The lowest BCUT2D eigenvalue weighted by molar-refractivity contribution is 0.220. The Morgan fingerprint density at radius 2 is 1.91 bits per heavy atom. The molecular weight excluding hydrogens is 141 g/mol. The lowest BCUT2D eigenvalue weighted by Gasteiger charge is -2.17. The van der Waals surface area contributed by atoms with Crippen molar-refractivity contribution in [3.63, 3.8) is 0 Å². The molecule has 62 valence electrons. The minimum atomic E-state index is -1.33. The number of piperidine rings is 1. The Balaban J connectivity index is 0.000000218. The lowest BCUT2D eigenvalue weighted by Crippen LogP contribution is -2.26. The van der Waals surface area contributed by atoms with Gasteiger partial charge in [-0.25, -0.2) is 0 Å². The zero-order chi connectivity index (χ0) is 8.69. The maximum Gasteiger partial charge on any atom is 0.233 e. The summed E-state index contributed by atoms with van der Waals surface area (Å²) in [4.78, 5) is 8.78. The van der Waals surface area contributed by atoms with Gasteiger partial charge in [-0.1, -0.05) is 6.92 Å². The van der Waals surface area contributed by atoms with Crippen LogP contribution in [0.25, 0.3) is 0 Å². The smallest absolute Gasteiger partial charge is 0.233 e. The molecule has 1 saturated heterocycles. The molecule has 1 rings (SSSR count). The summed E-state index contributed by atoms with van der Waals surface area (Å²) in [5.74, 6) is -0.360. The van der Waals surface area contributed by atoms with Gasteiger partial charge in [-0.05, 0) is 31.8 Å². The summed E-state index contributed by atoms with van der Waals surface area (Å²) in [6.45, 7) is 4.79. The first-order valence-corrected chi connectivity index (χ1v) is 3.82. The van der Waals surface area contributed by atoms with Gasteiger partial charge in [0, 0.05) is 0 Å². The minimum Gasteiger partial charge on any atom is -0.490 e. The zero-order valence-electron chi connectivity index (χ0n) is 6.84. The number of hydrogen-bond donors (Lipinski definition) is 2. The van der Waals surface area contributed by atoms with Crippen molar-refractivity contribution in [1.29, 1.82) is 0 Å². The zero-order valence-corrected chi connectivity index (χ0v) is 6.84. The second-order valence-electron chi connectivity index (χ2n) is 2.77. The normalized spacial score (nSPS) is 18.3. The summed E-state index contributed by atoms with van der Waals surface area (Å²) in [5, 5.41) is 10.5. The van der Waals surface area contributed by atoms with Gasteiger partial charge in [0.15, 0.2) is 0 Å². The lowest BCUT2D eigenvalue weighted by atomic mass is 10.0. The van der Waals surface area contributed by atoms with Crippen LogP contribution in [-0.4, -0.2) is 31.9 Å². The third-order valence-electron chi connectivity index (χ3n) is 1.63. The van der Waals surface area contributed by atoms with Crippen LogP contribution in [0.1, 0.15) is 19.8 Å². The van der Waals surface area contributed by atoms with Crippen molar-refractivity contribution in [2.24, 2.45) is 5.92 Å². The van der Waals surface area contributed by atoms with Crippen LogP contribution in [0.4, 0.5) is 4.79 Å². The fourth-order valence-corrected chi connectivity index (χ4v) is 0.966. The average molecular weight is 155 g/mol. The fraction of sp³-hybridized carbons (Fsp3) is 0.857. The van der Waals surface area contributed by atoms with Crippen LogP contribution < -0.4 is 5.32 Å². The summed E-state index contributed by atoms with van der Waals surface area (Å²) < 4.78 is 0. The Morgan fingerprint density at radius 1 is 1.55 bits per heavy atom. The van der Waals surface area contributed by atoms with Gasteiger partial charge in [0.05, 0.1) is 0 Å². The van der Waals surface area contributed by atoms with Gasteiger partial charge in [-0.15, -0.1) is 0 Å². The quantitative estimate of drug-likeness (QED) is 0.509. The molecule has 0 atom stereocenters. The maximum absolute atomic E-state index is 8.78. The van der Waals surface area contributed by atoms with E-state index in [-0.39, 0.29) is 0 Å². The Labute approximate surface area is 68.6 Å². The number of hydrogen-bond acceptors (Lipinski definition) is 2. The molecule has 0 aromatic rings. The monoisotopic (exact) mass is 155 g/mol. The van der Waals surface area contributed by atoms with Crippen LogP contribution in [0.2, 0.25) is 0 Å². The van der Waals surface area contributed by atoms with Crippen molar-refractivity contribution in [3.05, 3.63) is 0 Å². The second-order valence-corrected chi connectivity index (χ2v) is 2.77. The molecule has 0 amide bonds. The van der Waals surface area contributed by atoms with E-state index in [1.54, 1.807) is 0 Å². The van der Waals surface area contributed by atoms with E-state index in [0.29, 0.717) is 0 Å². The Bertz CT molecular complexity index is 109. The summed E-state index contributed by atoms with van der Waals surface area (Å²) in [6.07, 6.45) is 2.75. The average Bonchev–Trinajstić information content (AvgIpc) is 1.87. The van der Waals surface area contributed by atoms with Crippen molar-refractivity contribution < 1.29 is 9.90 Å². The highest BCUT2D eigenvalue weighted by molar-refractivity contribution is 6.54. The molecule has 2 radical (unpaired) electrons. The van der Waals surface area contributed by atoms with Gasteiger partial charge in [-0.2, -0.15) is 0 Å². The molecule has 1 aliphatic heterocycles. The van der Waals surface area contributed by atoms with Crippen LogP contribution in [0, 0.1) is 5.92 Å². The molecule has 1 aliphatic rings. The topological polar surface area (TPSA) is 49.3 Å². The molecule has 1 heterocycles. The van der Waals surface area contributed by atoms with Crippen LogP contribution in [0.15, 0.2) is 0 Å². The Hall–Kier alpha value is -0.505. The largest absolute Gasteiger partial charge is 0.490 e. The van der Waals surface area contributed by atoms with Crippen LogP contribution in [-0.2, 0) is 0 Å². The van der Waals surface area contributed by atoms with E-state index in [2.05, 4.69) is 20.1 Å². The van der Waals surface area contributed by atoms with Gasteiger partial charge < -0.3 is 10.4 Å². The third-order valence-corrected chi connectivity index (χ3v) is 1.63. The van der Waals surface area contributed by atoms with Crippen molar-refractivity contribution in [1.82, 2.24) is 5.32 Å². The van der Waals surface area contributed by atoms with Gasteiger partial charge in [0.25, 0.3) is 0 Å². The molecule has 0 unspecified atom stereocenters. The molecule has 3 nitrogen and oxygen atoms in total. The standard InChI is InChI=1S/C6H13N.CHBO2/c1-6-2-4-7-5-3-6;2-1(3)4/h6-7H,2-5H2,1H3;(H,3,4). The van der Waals surface area contributed by atoms with Gasteiger partial charge in [0.2, 0.25) is 13.7 Å². The number of carbonyl (C=O) groups is 1. The third kappa shape index (κ3) is 9.49. The van der Waals surface area contributed by atoms with E-state index in [4.69, 9.17) is 9.90 Å². The molecule has 0 bridgehead atoms. The maximum atomic E-state index is 8.78. The summed E-state index contributed by atoms with van der Waals surface area (Å²) >= 11 is 0. The summed E-state index contributed by atoms with van der Waals surface area (Å²) in [5.41, 5.74) is 0. The molecule has 4 heteroatoms. The van der Waals surface area contributed by atoms with Gasteiger partial charge in [-0.3, -0.25) is 4.79 Å². The molecule has 11 heavy (non-hydrogen) atoms. The molecular formula is C7H14BNO2. The molecule has 0 saturated carbocycles. The molecule has 2 N–H and O–H groups in total. The first kappa shape index (κ1) is 10.5. The highest BCUT2D eigenvalue weighted by atomic mass is 16.4. The van der Waals surface area contributed by atoms with Crippen LogP contribution in [0.3, 0.4) is 0 Å². The van der Waals surface area contributed by atoms with E-state index in [1.807, 2.05) is 0 Å². The van der Waals surface area contributed by atoms with E-state index >= 15 is 0 Å². The highest BCUT2D eigenvalue weighted by Gasteiger charge is 2.04.